The first-order valence-corrected chi connectivity index (χ1v) is 5.98. The summed E-state index contributed by atoms with van der Waals surface area (Å²) in [4.78, 5) is 4.11. The zero-order chi connectivity index (χ0) is 6.24. The minimum atomic E-state index is 0.466. The maximum atomic E-state index is 4.11. The van der Waals surface area contributed by atoms with Crippen LogP contribution < -0.4 is 21.2 Å². The van der Waals surface area contributed by atoms with Crippen LogP contribution in [0.1, 0.15) is 13.8 Å². The van der Waals surface area contributed by atoms with E-state index in [1.165, 1.54) is 8.86 Å². The van der Waals surface area contributed by atoms with Crippen molar-refractivity contribution in [2.24, 2.45) is 4.99 Å². The van der Waals surface area contributed by atoms with Crippen LogP contribution in [0, 0.1) is 0 Å². The van der Waals surface area contributed by atoms with Crippen LogP contribution in [0.3, 0.4) is 0 Å². The molecule has 0 rings (SSSR count). The van der Waals surface area contributed by atoms with Crippen molar-refractivity contribution in [2.45, 2.75) is 13.8 Å². The van der Waals surface area contributed by atoms with Crippen molar-refractivity contribution in [1.82, 2.24) is 0 Å². The molecule has 0 aliphatic rings. The van der Waals surface area contributed by atoms with Gasteiger partial charge in [-0.05, 0) is 0 Å². The molecule has 1 nitrogen and oxygen atoms in total. The first-order chi connectivity index (χ1) is 3.91. The number of alkyl halides is 2. The summed E-state index contributed by atoms with van der Waals surface area (Å²) in [5.41, 5.74) is 0. The molecule has 0 aliphatic heterocycles. The van der Waals surface area contributed by atoms with E-state index in [-0.39, 0.29) is 0 Å². The van der Waals surface area contributed by atoms with Gasteiger partial charge in [0.2, 0.25) is 0 Å². The molecule has 2 heteroatoms. The van der Waals surface area contributed by atoms with Gasteiger partial charge < -0.3 is 0 Å². The van der Waals surface area contributed by atoms with Crippen LogP contribution >= 0.6 is 0 Å². The van der Waals surface area contributed by atoms with Gasteiger partial charge in [0, 0.05) is 0 Å². The average Bonchev–Trinajstić information content (AvgIpc) is 1.81. The van der Waals surface area contributed by atoms with Crippen LogP contribution in [0.5, 0.6) is 0 Å². The van der Waals surface area contributed by atoms with Gasteiger partial charge in [0.15, 0.2) is 0 Å². The molecule has 0 aromatic rings. The molecule has 0 bridgehead atoms. The van der Waals surface area contributed by atoms with Crippen LogP contribution in [0.2, 0.25) is 0 Å². The second-order valence-electron chi connectivity index (χ2n) is 1.29. The summed E-state index contributed by atoms with van der Waals surface area (Å²) in [6.45, 7) is 5.27. The van der Waals surface area contributed by atoms with E-state index in [0.717, 1.165) is 6.54 Å². The Morgan fingerprint density at radius 2 is 2.25 bits per heavy atom. The molecule has 0 spiro atoms. The van der Waals surface area contributed by atoms with Crippen LogP contribution in [0.15, 0.2) is 4.99 Å². The molecule has 0 amide bonds. The normalized spacial score (nSPS) is 11.2. The molecule has 0 N–H and O–H groups in total. The Kier molecular flexibility index (Phi) is 7.77. The van der Waals surface area contributed by atoms with Gasteiger partial charge in [-0.3, -0.25) is 0 Å². The number of hydrogen-bond donors (Lipinski definition) is 0. The van der Waals surface area contributed by atoms with Gasteiger partial charge in [-0.15, -0.1) is 0 Å². The second-order valence-corrected chi connectivity index (χ2v) is 4.78. The molecule has 0 heterocycles. The number of hydrogen-bond acceptors (Lipinski definition) is 1. The van der Waals surface area contributed by atoms with Crippen LogP contribution in [-0.4, -0.2) is 21.6 Å². The van der Waals surface area contributed by atoms with Gasteiger partial charge in [0.25, 0.3) is 0 Å². The zero-order valence-electron chi connectivity index (χ0n) is 5.52. The monoisotopic (exact) mass is 226 g/mol. The standard InChI is InChI=1S/C6H13IN/c1-3-7-5-6-8-4-2/h6H,3-5H2,1-2H3/q-1. The third-order valence-corrected chi connectivity index (χ3v) is 2.77. The van der Waals surface area contributed by atoms with Crippen molar-refractivity contribution < 1.29 is 21.2 Å². The number of halogens is 1. The Balaban J connectivity index is 2.80. The van der Waals surface area contributed by atoms with Crippen LogP contribution in [0.4, 0.5) is 0 Å². The number of aliphatic imine (C=N–C) groups is 1. The van der Waals surface area contributed by atoms with Gasteiger partial charge in [0.05, 0.1) is 0 Å². The number of rotatable bonds is 4. The minimum absolute atomic E-state index is 0.466. The zero-order valence-corrected chi connectivity index (χ0v) is 7.68. The summed E-state index contributed by atoms with van der Waals surface area (Å²) in [5.74, 6) is 0. The SMILES string of the molecule is CCN=CC[I-]CC. The molecule has 8 heavy (non-hydrogen) atoms. The fourth-order valence-electron chi connectivity index (χ4n) is 0.336. The Morgan fingerprint density at radius 3 is 2.75 bits per heavy atom. The third-order valence-electron chi connectivity index (χ3n) is 0.679. The summed E-state index contributed by atoms with van der Waals surface area (Å²) in [7, 11) is 0. The van der Waals surface area contributed by atoms with E-state index < -0.39 is 0 Å². The summed E-state index contributed by atoms with van der Waals surface area (Å²) in [6.07, 6.45) is 2.07. The molecule has 0 atom stereocenters. The van der Waals surface area contributed by atoms with Crippen molar-refractivity contribution >= 4 is 6.21 Å². The predicted octanol–water partition coefficient (Wildman–Crippen LogP) is -1.81. The maximum absolute atomic E-state index is 4.11. The molecule has 0 aliphatic carbocycles. The van der Waals surface area contributed by atoms with Crippen molar-refractivity contribution in [3.63, 3.8) is 0 Å². The predicted molar refractivity (Wildman–Crippen MR) is 34.4 cm³/mol. The second kappa shape index (κ2) is 7.40. The van der Waals surface area contributed by atoms with Crippen molar-refractivity contribution in [3.8, 4) is 0 Å². The van der Waals surface area contributed by atoms with Crippen molar-refractivity contribution in [2.75, 3.05) is 15.4 Å². The summed E-state index contributed by atoms with van der Waals surface area (Å²) in [6, 6.07) is 0. The summed E-state index contributed by atoms with van der Waals surface area (Å²) < 4.78 is 2.65. The van der Waals surface area contributed by atoms with Gasteiger partial charge in [-0.25, -0.2) is 0 Å². The number of nitrogens with zero attached hydrogens (tertiary/aromatic N) is 1. The Bertz CT molecular complexity index is 61.5. The van der Waals surface area contributed by atoms with E-state index >= 15 is 0 Å². The molecular formula is C6H13IN-. The molecule has 0 radical (unpaired) electrons. The summed E-state index contributed by atoms with van der Waals surface area (Å²) >= 11 is 0.466. The molecular weight excluding hydrogens is 213 g/mol. The molecule has 0 aromatic heterocycles. The Labute approximate surface area is 61.8 Å². The van der Waals surface area contributed by atoms with Gasteiger partial charge >= 0.3 is 61.7 Å². The Hall–Kier alpha value is 0.400. The van der Waals surface area contributed by atoms with E-state index in [0.29, 0.717) is 21.2 Å². The first kappa shape index (κ1) is 8.40. The van der Waals surface area contributed by atoms with Gasteiger partial charge in [0.1, 0.15) is 0 Å². The quantitative estimate of drug-likeness (QED) is 0.232. The van der Waals surface area contributed by atoms with Gasteiger partial charge in [-0.1, -0.05) is 0 Å². The van der Waals surface area contributed by atoms with Crippen LogP contribution in [0.25, 0.3) is 0 Å². The Morgan fingerprint density at radius 1 is 1.50 bits per heavy atom. The third kappa shape index (κ3) is 6.40. The molecule has 0 aromatic carbocycles. The van der Waals surface area contributed by atoms with Gasteiger partial charge in [-0.2, -0.15) is 0 Å². The first-order valence-electron chi connectivity index (χ1n) is 2.93. The van der Waals surface area contributed by atoms with Crippen molar-refractivity contribution in [1.29, 1.82) is 0 Å². The fraction of sp³-hybridized carbons (Fsp3) is 0.833. The fourth-order valence-corrected chi connectivity index (χ4v) is 1.52. The average molecular weight is 226 g/mol. The molecule has 0 saturated heterocycles. The molecule has 50 valence electrons. The van der Waals surface area contributed by atoms with E-state index in [4.69, 9.17) is 0 Å². The summed E-state index contributed by atoms with van der Waals surface area (Å²) in [5, 5.41) is 0. The molecule has 0 saturated carbocycles. The topological polar surface area (TPSA) is 12.4 Å². The van der Waals surface area contributed by atoms with E-state index in [2.05, 4.69) is 25.1 Å². The van der Waals surface area contributed by atoms with Crippen LogP contribution in [-0.2, 0) is 0 Å². The molecule has 0 unspecified atom stereocenters. The van der Waals surface area contributed by atoms with E-state index in [9.17, 15) is 0 Å². The van der Waals surface area contributed by atoms with E-state index in [1.807, 2.05) is 0 Å². The van der Waals surface area contributed by atoms with Crippen molar-refractivity contribution in [3.05, 3.63) is 0 Å². The van der Waals surface area contributed by atoms with E-state index in [1.54, 1.807) is 0 Å². The molecule has 0 fully saturated rings.